The molecule has 0 saturated heterocycles. The summed E-state index contributed by atoms with van der Waals surface area (Å²) < 4.78 is 6.86. The molecule has 21 heavy (non-hydrogen) atoms. The van der Waals surface area contributed by atoms with E-state index in [2.05, 4.69) is 25.2 Å². The third-order valence-corrected chi connectivity index (χ3v) is 4.18. The molecule has 0 atom stereocenters. The predicted octanol–water partition coefficient (Wildman–Crippen LogP) is 2.53. The van der Waals surface area contributed by atoms with Gasteiger partial charge in [0.25, 0.3) is 11.7 Å². The molecule has 0 N–H and O–H groups in total. The van der Waals surface area contributed by atoms with Gasteiger partial charge in [0.1, 0.15) is 0 Å². The van der Waals surface area contributed by atoms with Crippen molar-refractivity contribution in [3.8, 4) is 11.5 Å². The van der Waals surface area contributed by atoms with Gasteiger partial charge in [0.05, 0.1) is 11.3 Å². The van der Waals surface area contributed by atoms with E-state index in [4.69, 9.17) is 4.52 Å². The van der Waals surface area contributed by atoms with Gasteiger partial charge < -0.3 is 4.52 Å². The number of fused-ring (bicyclic) bond motifs is 1. The number of hydrogen-bond donors (Lipinski definition) is 0. The van der Waals surface area contributed by atoms with E-state index in [1.54, 1.807) is 22.0 Å². The fraction of sp³-hybridized carbons (Fsp3) is 0.0833. The largest absolute Gasteiger partial charge is 0.334 e. The van der Waals surface area contributed by atoms with Gasteiger partial charge in [-0.2, -0.15) is 21.3 Å². The number of rotatable bonds is 4. The Morgan fingerprint density at radius 2 is 2.33 bits per heavy atom. The maximum Gasteiger partial charge on any atom is 0.258 e. The van der Waals surface area contributed by atoms with Crippen LogP contribution in [-0.2, 0) is 5.75 Å². The summed E-state index contributed by atoms with van der Waals surface area (Å²) in [5.74, 6) is 2.28. The van der Waals surface area contributed by atoms with E-state index in [1.807, 2.05) is 29.1 Å². The SMILES string of the molecule is c1cnc2nc(SCc3noc(-c4ccsc4)n3)nn2c1. The molecule has 0 aromatic carbocycles. The van der Waals surface area contributed by atoms with Gasteiger partial charge in [0, 0.05) is 17.8 Å². The van der Waals surface area contributed by atoms with Crippen molar-refractivity contribution in [2.24, 2.45) is 0 Å². The molecule has 0 bridgehead atoms. The highest BCUT2D eigenvalue weighted by molar-refractivity contribution is 7.98. The third-order valence-electron chi connectivity index (χ3n) is 2.66. The van der Waals surface area contributed by atoms with Crippen LogP contribution in [0.4, 0.5) is 0 Å². The minimum atomic E-state index is 0.538. The molecule has 0 amide bonds. The van der Waals surface area contributed by atoms with Crippen molar-refractivity contribution < 1.29 is 4.52 Å². The second-order valence-corrected chi connectivity index (χ2v) is 5.80. The number of thiophene rings is 1. The average Bonchev–Trinajstić information content (AvgIpc) is 3.23. The Bertz CT molecular complexity index is 836. The van der Waals surface area contributed by atoms with Crippen molar-refractivity contribution >= 4 is 28.9 Å². The fourth-order valence-corrected chi connectivity index (χ4v) is 3.02. The van der Waals surface area contributed by atoms with Gasteiger partial charge in [-0.15, -0.1) is 5.10 Å². The van der Waals surface area contributed by atoms with Gasteiger partial charge in [-0.1, -0.05) is 16.9 Å². The Hall–Kier alpha value is -2.26. The topological polar surface area (TPSA) is 82.0 Å². The standard InChI is InChI=1S/C12H8N6OS2/c1-3-13-11-15-12(16-18(11)4-1)21-7-9-14-10(19-17-9)8-2-5-20-6-8/h1-6H,7H2. The second-order valence-electron chi connectivity index (χ2n) is 4.08. The van der Waals surface area contributed by atoms with Crippen LogP contribution in [0.2, 0.25) is 0 Å². The molecule has 0 fully saturated rings. The van der Waals surface area contributed by atoms with Crippen LogP contribution in [0.25, 0.3) is 17.2 Å². The highest BCUT2D eigenvalue weighted by Gasteiger charge is 2.11. The Morgan fingerprint density at radius 1 is 1.33 bits per heavy atom. The highest BCUT2D eigenvalue weighted by atomic mass is 32.2. The lowest BCUT2D eigenvalue weighted by molar-refractivity contribution is 0.425. The lowest BCUT2D eigenvalue weighted by Crippen LogP contribution is -1.87. The van der Waals surface area contributed by atoms with Crippen molar-refractivity contribution in [3.63, 3.8) is 0 Å². The number of nitrogens with zero attached hydrogens (tertiary/aromatic N) is 6. The minimum Gasteiger partial charge on any atom is -0.334 e. The smallest absolute Gasteiger partial charge is 0.258 e. The van der Waals surface area contributed by atoms with E-state index in [9.17, 15) is 0 Å². The van der Waals surface area contributed by atoms with Crippen molar-refractivity contribution in [2.75, 3.05) is 0 Å². The molecule has 4 rings (SSSR count). The lowest BCUT2D eigenvalue weighted by atomic mass is 10.3. The summed E-state index contributed by atoms with van der Waals surface area (Å²) in [6.07, 6.45) is 3.49. The zero-order valence-corrected chi connectivity index (χ0v) is 12.2. The molecule has 0 aliphatic carbocycles. The summed E-state index contributed by atoms with van der Waals surface area (Å²) in [6.45, 7) is 0. The maximum atomic E-state index is 5.23. The first kappa shape index (κ1) is 12.5. The van der Waals surface area contributed by atoms with Gasteiger partial charge in [0.15, 0.2) is 5.82 Å². The zero-order chi connectivity index (χ0) is 14.1. The first-order valence-electron chi connectivity index (χ1n) is 6.04. The predicted molar refractivity (Wildman–Crippen MR) is 78.0 cm³/mol. The van der Waals surface area contributed by atoms with Crippen LogP contribution in [0.3, 0.4) is 0 Å². The number of hydrogen-bond acceptors (Lipinski definition) is 8. The maximum absolute atomic E-state index is 5.23. The van der Waals surface area contributed by atoms with E-state index in [0.717, 1.165) is 5.56 Å². The Balaban J connectivity index is 1.49. The van der Waals surface area contributed by atoms with Crippen molar-refractivity contribution in [2.45, 2.75) is 10.9 Å². The number of aromatic nitrogens is 6. The lowest BCUT2D eigenvalue weighted by Gasteiger charge is -1.88. The van der Waals surface area contributed by atoms with E-state index in [-0.39, 0.29) is 0 Å². The molecule has 4 heterocycles. The van der Waals surface area contributed by atoms with Gasteiger partial charge in [0.2, 0.25) is 5.16 Å². The minimum absolute atomic E-state index is 0.538. The Morgan fingerprint density at radius 3 is 3.19 bits per heavy atom. The monoisotopic (exact) mass is 316 g/mol. The summed E-state index contributed by atoms with van der Waals surface area (Å²) in [5.41, 5.74) is 0.943. The molecule has 0 aliphatic heterocycles. The van der Waals surface area contributed by atoms with Crippen LogP contribution < -0.4 is 0 Å². The summed E-state index contributed by atoms with van der Waals surface area (Å²) in [4.78, 5) is 12.8. The molecular weight excluding hydrogens is 308 g/mol. The van der Waals surface area contributed by atoms with Gasteiger partial charge in [-0.3, -0.25) is 0 Å². The first-order chi connectivity index (χ1) is 10.4. The van der Waals surface area contributed by atoms with Gasteiger partial charge in [-0.25, -0.2) is 9.50 Å². The van der Waals surface area contributed by atoms with Crippen LogP contribution >= 0.6 is 23.1 Å². The first-order valence-corrected chi connectivity index (χ1v) is 7.97. The fourth-order valence-electron chi connectivity index (χ4n) is 1.72. The molecular formula is C12H8N6OS2. The molecule has 0 aliphatic rings. The van der Waals surface area contributed by atoms with Crippen LogP contribution in [0.5, 0.6) is 0 Å². The highest BCUT2D eigenvalue weighted by Crippen LogP contribution is 2.23. The summed E-state index contributed by atoms with van der Waals surface area (Å²) in [6, 6.07) is 3.76. The van der Waals surface area contributed by atoms with Gasteiger partial charge >= 0.3 is 0 Å². The van der Waals surface area contributed by atoms with Crippen molar-refractivity contribution in [1.29, 1.82) is 0 Å². The molecule has 9 heteroatoms. The summed E-state index contributed by atoms with van der Waals surface area (Å²) in [7, 11) is 0. The van der Waals surface area contributed by atoms with Crippen molar-refractivity contribution in [3.05, 3.63) is 41.1 Å². The Labute approximate surface area is 127 Å². The van der Waals surface area contributed by atoms with E-state index in [0.29, 0.717) is 28.4 Å². The molecule has 104 valence electrons. The van der Waals surface area contributed by atoms with Crippen molar-refractivity contribution in [1.82, 2.24) is 29.7 Å². The molecule has 0 spiro atoms. The quantitative estimate of drug-likeness (QED) is 0.535. The normalized spacial score (nSPS) is 11.2. The van der Waals surface area contributed by atoms with E-state index in [1.165, 1.54) is 11.8 Å². The third kappa shape index (κ3) is 2.52. The molecule has 4 aromatic rings. The van der Waals surface area contributed by atoms with Crippen LogP contribution in [0.1, 0.15) is 5.82 Å². The van der Waals surface area contributed by atoms with Crippen LogP contribution in [0.15, 0.2) is 45.0 Å². The van der Waals surface area contributed by atoms with E-state index < -0.39 is 0 Å². The number of thioether (sulfide) groups is 1. The molecule has 0 unspecified atom stereocenters. The Kier molecular flexibility index (Phi) is 3.13. The summed E-state index contributed by atoms with van der Waals surface area (Å²) in [5, 5.41) is 12.8. The zero-order valence-electron chi connectivity index (χ0n) is 10.6. The molecule has 0 radical (unpaired) electrons. The molecule has 7 nitrogen and oxygen atoms in total. The summed E-state index contributed by atoms with van der Waals surface area (Å²) >= 11 is 3.04. The molecule has 4 aromatic heterocycles. The van der Waals surface area contributed by atoms with Crippen LogP contribution in [-0.4, -0.2) is 29.7 Å². The van der Waals surface area contributed by atoms with Gasteiger partial charge in [-0.05, 0) is 17.5 Å². The second kappa shape index (κ2) is 5.26. The van der Waals surface area contributed by atoms with E-state index >= 15 is 0 Å². The average molecular weight is 316 g/mol. The molecule has 0 saturated carbocycles. The van der Waals surface area contributed by atoms with Crippen LogP contribution in [0, 0.1) is 0 Å².